The molecule has 0 aliphatic heterocycles. The Morgan fingerprint density at radius 3 is 2.94 bits per heavy atom. The van der Waals surface area contributed by atoms with Crippen molar-refractivity contribution in [3.63, 3.8) is 0 Å². The minimum atomic E-state index is 0.564. The number of ether oxygens (including phenoxy) is 1. The highest BCUT2D eigenvalue weighted by molar-refractivity contribution is 7.98. The van der Waals surface area contributed by atoms with Crippen LogP contribution in [0, 0.1) is 0 Å². The third-order valence-electron chi connectivity index (χ3n) is 2.29. The fourth-order valence-corrected chi connectivity index (χ4v) is 2.33. The third kappa shape index (κ3) is 3.39. The van der Waals surface area contributed by atoms with E-state index in [1.807, 2.05) is 30.3 Å². The first-order chi connectivity index (χ1) is 8.28. The second kappa shape index (κ2) is 5.59. The van der Waals surface area contributed by atoms with E-state index in [-0.39, 0.29) is 0 Å². The third-order valence-corrected chi connectivity index (χ3v) is 3.36. The molecule has 0 saturated carbocycles. The molecule has 0 fully saturated rings. The van der Waals surface area contributed by atoms with E-state index in [2.05, 4.69) is 11.1 Å². The number of hydrogen-bond acceptors (Lipinski definition) is 4. The molecule has 0 spiro atoms. The van der Waals surface area contributed by atoms with Gasteiger partial charge in [0.2, 0.25) is 0 Å². The molecule has 1 aromatic heterocycles. The van der Waals surface area contributed by atoms with Crippen LogP contribution in [0.25, 0.3) is 0 Å². The molecule has 2 aromatic rings. The zero-order chi connectivity index (χ0) is 12.1. The fourth-order valence-electron chi connectivity index (χ4n) is 1.44. The summed E-state index contributed by atoms with van der Waals surface area (Å²) in [6, 6.07) is 11.9. The summed E-state index contributed by atoms with van der Waals surface area (Å²) in [6.07, 6.45) is 1.73. The maximum atomic E-state index is 5.63. The minimum absolute atomic E-state index is 0.564. The topological polar surface area (TPSA) is 48.1 Å². The molecule has 0 saturated heterocycles. The van der Waals surface area contributed by atoms with E-state index in [4.69, 9.17) is 10.5 Å². The number of aromatic nitrogens is 1. The summed E-state index contributed by atoms with van der Waals surface area (Å²) in [5.41, 5.74) is 6.80. The van der Waals surface area contributed by atoms with Crippen molar-refractivity contribution in [2.24, 2.45) is 0 Å². The van der Waals surface area contributed by atoms with E-state index in [0.717, 1.165) is 11.5 Å². The molecule has 0 bridgehead atoms. The highest BCUT2D eigenvalue weighted by Gasteiger charge is 1.99. The molecule has 88 valence electrons. The zero-order valence-corrected chi connectivity index (χ0v) is 10.4. The molecule has 0 radical (unpaired) electrons. The molecule has 1 aromatic carbocycles. The summed E-state index contributed by atoms with van der Waals surface area (Å²) in [4.78, 5) is 5.15. The number of nitrogens with zero attached hydrogens (tertiary/aromatic N) is 1. The van der Waals surface area contributed by atoms with Crippen molar-refractivity contribution in [1.29, 1.82) is 0 Å². The largest absolute Gasteiger partial charge is 0.497 e. The lowest BCUT2D eigenvalue weighted by molar-refractivity contribution is 0.413. The van der Waals surface area contributed by atoms with Gasteiger partial charge in [0.1, 0.15) is 11.6 Å². The molecule has 0 aliphatic rings. The molecule has 17 heavy (non-hydrogen) atoms. The van der Waals surface area contributed by atoms with Gasteiger partial charge in [-0.05, 0) is 35.9 Å². The molecule has 2 N–H and O–H groups in total. The summed E-state index contributed by atoms with van der Waals surface area (Å²) < 4.78 is 5.18. The average molecular weight is 246 g/mol. The van der Waals surface area contributed by atoms with E-state index < -0.39 is 0 Å². The van der Waals surface area contributed by atoms with Gasteiger partial charge >= 0.3 is 0 Å². The Morgan fingerprint density at radius 2 is 2.18 bits per heavy atom. The summed E-state index contributed by atoms with van der Waals surface area (Å²) >= 11 is 1.75. The number of hydrogen-bond donors (Lipinski definition) is 1. The Kier molecular flexibility index (Phi) is 3.88. The van der Waals surface area contributed by atoms with E-state index >= 15 is 0 Å². The normalized spacial score (nSPS) is 10.2. The number of thioether (sulfide) groups is 1. The van der Waals surface area contributed by atoms with Gasteiger partial charge in [0.25, 0.3) is 0 Å². The molecular formula is C13H14N2OS. The Bertz CT molecular complexity index is 502. The lowest BCUT2D eigenvalue weighted by Gasteiger charge is -2.04. The van der Waals surface area contributed by atoms with Crippen molar-refractivity contribution in [2.75, 3.05) is 12.8 Å². The van der Waals surface area contributed by atoms with E-state index in [9.17, 15) is 0 Å². The van der Waals surface area contributed by atoms with Gasteiger partial charge in [-0.25, -0.2) is 4.98 Å². The van der Waals surface area contributed by atoms with Crippen molar-refractivity contribution in [3.8, 4) is 5.75 Å². The molecule has 3 nitrogen and oxygen atoms in total. The molecule has 4 heteroatoms. The summed E-state index contributed by atoms with van der Waals surface area (Å²) in [6.45, 7) is 0. The number of nitrogen functional groups attached to an aromatic ring is 1. The van der Waals surface area contributed by atoms with E-state index in [1.165, 1.54) is 10.5 Å². The standard InChI is InChI=1S/C13H14N2OS/c1-16-11-3-2-4-12(8-11)17-9-10-5-6-15-13(14)7-10/h2-8H,9H2,1H3,(H2,14,15). The number of rotatable bonds is 4. The van der Waals surface area contributed by atoms with Gasteiger partial charge in [-0.2, -0.15) is 0 Å². The summed E-state index contributed by atoms with van der Waals surface area (Å²) in [5, 5.41) is 0. The van der Waals surface area contributed by atoms with E-state index in [0.29, 0.717) is 5.82 Å². The SMILES string of the molecule is COc1cccc(SCc2ccnc(N)c2)c1. The molecule has 0 atom stereocenters. The van der Waals surface area contributed by atoms with Crippen LogP contribution in [0.1, 0.15) is 5.56 Å². The molecule has 0 aliphatic carbocycles. The van der Waals surface area contributed by atoms with Crippen LogP contribution in [0.2, 0.25) is 0 Å². The predicted octanol–water partition coefficient (Wildman–Crippen LogP) is 2.96. The van der Waals surface area contributed by atoms with Crippen LogP contribution in [0.5, 0.6) is 5.75 Å². The maximum absolute atomic E-state index is 5.63. The highest BCUT2D eigenvalue weighted by Crippen LogP contribution is 2.26. The monoisotopic (exact) mass is 246 g/mol. The first kappa shape index (κ1) is 11.8. The maximum Gasteiger partial charge on any atom is 0.123 e. The van der Waals surface area contributed by atoms with Gasteiger partial charge in [0, 0.05) is 16.8 Å². The quantitative estimate of drug-likeness (QED) is 0.843. The number of anilines is 1. The minimum Gasteiger partial charge on any atom is -0.497 e. The smallest absolute Gasteiger partial charge is 0.123 e. The Hall–Kier alpha value is -1.68. The van der Waals surface area contributed by atoms with Crippen molar-refractivity contribution >= 4 is 17.6 Å². The van der Waals surface area contributed by atoms with Crippen LogP contribution in [0.3, 0.4) is 0 Å². The van der Waals surface area contributed by atoms with Gasteiger partial charge in [-0.1, -0.05) is 6.07 Å². The van der Waals surface area contributed by atoms with Crippen LogP contribution in [0.4, 0.5) is 5.82 Å². The molecular weight excluding hydrogens is 232 g/mol. The number of nitrogens with two attached hydrogens (primary N) is 1. The van der Waals surface area contributed by atoms with Crippen molar-refractivity contribution < 1.29 is 4.74 Å². The van der Waals surface area contributed by atoms with E-state index in [1.54, 1.807) is 25.1 Å². The molecule has 2 rings (SSSR count). The van der Waals surface area contributed by atoms with Crippen LogP contribution in [-0.4, -0.2) is 12.1 Å². The molecule has 0 unspecified atom stereocenters. The Labute approximate surface area is 105 Å². The first-order valence-electron chi connectivity index (χ1n) is 5.25. The summed E-state index contributed by atoms with van der Waals surface area (Å²) in [5.74, 6) is 2.32. The first-order valence-corrected chi connectivity index (χ1v) is 6.24. The van der Waals surface area contributed by atoms with Gasteiger partial charge < -0.3 is 10.5 Å². The van der Waals surface area contributed by atoms with Gasteiger partial charge in [-0.3, -0.25) is 0 Å². The Morgan fingerprint density at radius 1 is 1.29 bits per heavy atom. The van der Waals surface area contributed by atoms with Crippen molar-refractivity contribution in [3.05, 3.63) is 48.2 Å². The van der Waals surface area contributed by atoms with Crippen LogP contribution in [0.15, 0.2) is 47.5 Å². The van der Waals surface area contributed by atoms with Crippen molar-refractivity contribution in [2.45, 2.75) is 10.6 Å². The van der Waals surface area contributed by atoms with Gasteiger partial charge in [0.15, 0.2) is 0 Å². The molecule has 1 heterocycles. The van der Waals surface area contributed by atoms with Gasteiger partial charge in [-0.15, -0.1) is 11.8 Å². The highest BCUT2D eigenvalue weighted by atomic mass is 32.2. The van der Waals surface area contributed by atoms with Crippen LogP contribution in [-0.2, 0) is 5.75 Å². The zero-order valence-electron chi connectivity index (χ0n) is 9.59. The van der Waals surface area contributed by atoms with Gasteiger partial charge in [0.05, 0.1) is 7.11 Å². The average Bonchev–Trinajstić information content (AvgIpc) is 2.37. The second-order valence-electron chi connectivity index (χ2n) is 3.56. The Balaban J connectivity index is 2.02. The second-order valence-corrected chi connectivity index (χ2v) is 4.61. The predicted molar refractivity (Wildman–Crippen MR) is 71.2 cm³/mol. The van der Waals surface area contributed by atoms with Crippen LogP contribution >= 0.6 is 11.8 Å². The van der Waals surface area contributed by atoms with Crippen molar-refractivity contribution in [1.82, 2.24) is 4.98 Å². The van der Waals surface area contributed by atoms with Crippen LogP contribution < -0.4 is 10.5 Å². The number of pyridine rings is 1. The number of benzene rings is 1. The lowest BCUT2D eigenvalue weighted by Crippen LogP contribution is -1.90. The lowest BCUT2D eigenvalue weighted by atomic mass is 10.3. The number of methoxy groups -OCH3 is 1. The fraction of sp³-hybridized carbons (Fsp3) is 0.154. The summed E-state index contributed by atoms with van der Waals surface area (Å²) in [7, 11) is 1.67. The molecule has 0 amide bonds.